The first kappa shape index (κ1) is 19.8. The highest BCUT2D eigenvalue weighted by Gasteiger charge is 2.26. The van der Waals surface area contributed by atoms with Crippen molar-refractivity contribution in [1.29, 1.82) is 4.78 Å². The lowest BCUT2D eigenvalue weighted by atomic mass is 9.98. The molecule has 0 fully saturated rings. The van der Waals surface area contributed by atoms with Gasteiger partial charge < -0.3 is 10.2 Å². The molecule has 2 aromatic carbocycles. The summed E-state index contributed by atoms with van der Waals surface area (Å²) in [5.74, 6) is -0.598. The van der Waals surface area contributed by atoms with E-state index >= 15 is 0 Å². The molecule has 1 amide bonds. The molecule has 5 nitrogen and oxygen atoms in total. The Balaban J connectivity index is 1.38. The Morgan fingerprint density at radius 1 is 1.00 bits per heavy atom. The summed E-state index contributed by atoms with van der Waals surface area (Å²) >= 11 is 0. The SMILES string of the molecule is CN1CCc2ccc(S(=N)(=O)CC(=O)Nc3c4c(cc5c3CCC5)CCC4)cc2C1. The van der Waals surface area contributed by atoms with Crippen LogP contribution in [-0.2, 0) is 53.2 Å². The molecule has 3 aliphatic rings. The zero-order valence-electron chi connectivity index (χ0n) is 17.6. The fraction of sp³-hybridized carbons (Fsp3) is 0.458. The Morgan fingerprint density at radius 3 is 2.40 bits per heavy atom. The number of carbonyl (C=O) groups excluding carboxylic acids is 1. The summed E-state index contributed by atoms with van der Waals surface area (Å²) < 4.78 is 21.7. The van der Waals surface area contributed by atoms with Crippen molar-refractivity contribution in [3.63, 3.8) is 0 Å². The number of likely N-dealkylation sites (N-methyl/N-ethyl adjacent to an activating group) is 1. The largest absolute Gasteiger partial charge is 0.325 e. The number of nitrogens with one attached hydrogen (secondary N) is 2. The Bertz CT molecular complexity index is 1110. The molecule has 2 aromatic rings. The predicted molar refractivity (Wildman–Crippen MR) is 120 cm³/mol. The van der Waals surface area contributed by atoms with Crippen LogP contribution in [0.3, 0.4) is 0 Å². The maximum Gasteiger partial charge on any atom is 0.238 e. The Labute approximate surface area is 178 Å². The standard InChI is InChI=1S/C24H29N3O2S/c1-27-11-10-16-8-9-20(13-19(16)14-27)30(25,29)15-23(28)26-24-21-6-2-4-17(21)12-18-5-3-7-22(18)24/h8-9,12-13,25H,2-7,10-11,14-15H2,1H3,(H,26,28). The number of hydrogen-bond acceptors (Lipinski definition) is 4. The van der Waals surface area contributed by atoms with E-state index in [2.05, 4.69) is 23.3 Å². The minimum Gasteiger partial charge on any atom is -0.325 e. The van der Waals surface area contributed by atoms with Crippen molar-refractivity contribution in [2.24, 2.45) is 0 Å². The number of nitrogens with zero attached hydrogens (tertiary/aromatic N) is 1. The lowest BCUT2D eigenvalue weighted by Crippen LogP contribution is -2.27. The second-order valence-corrected chi connectivity index (χ2v) is 11.1. The molecule has 0 aromatic heterocycles. The molecule has 30 heavy (non-hydrogen) atoms. The van der Waals surface area contributed by atoms with Gasteiger partial charge in [-0.15, -0.1) is 0 Å². The molecule has 0 saturated heterocycles. The summed E-state index contributed by atoms with van der Waals surface area (Å²) in [6.07, 6.45) is 7.35. The maximum atomic E-state index is 13.2. The van der Waals surface area contributed by atoms with Gasteiger partial charge in [0, 0.05) is 23.7 Å². The van der Waals surface area contributed by atoms with Crippen molar-refractivity contribution in [2.45, 2.75) is 56.4 Å². The van der Waals surface area contributed by atoms with E-state index in [1.54, 1.807) is 6.07 Å². The number of carbonyl (C=O) groups is 1. The molecule has 1 heterocycles. The molecule has 0 saturated carbocycles. The predicted octanol–water partition coefficient (Wildman–Crippen LogP) is 3.70. The summed E-state index contributed by atoms with van der Waals surface area (Å²) in [7, 11) is -1.12. The molecule has 1 unspecified atom stereocenters. The average molecular weight is 424 g/mol. The molecule has 0 bridgehead atoms. The van der Waals surface area contributed by atoms with Gasteiger partial charge in [0.15, 0.2) is 0 Å². The van der Waals surface area contributed by atoms with Gasteiger partial charge in [0.25, 0.3) is 0 Å². The van der Waals surface area contributed by atoms with Crippen LogP contribution in [0.4, 0.5) is 5.69 Å². The van der Waals surface area contributed by atoms with Crippen LogP contribution in [-0.4, -0.2) is 34.4 Å². The number of fused-ring (bicyclic) bond motifs is 3. The third-order valence-electron chi connectivity index (χ3n) is 6.83. The summed E-state index contributed by atoms with van der Waals surface area (Å²) in [6, 6.07) is 7.98. The molecule has 0 radical (unpaired) electrons. The number of rotatable bonds is 4. The fourth-order valence-corrected chi connectivity index (χ4v) is 6.52. The monoisotopic (exact) mass is 423 g/mol. The number of aryl methyl sites for hydroxylation is 2. The van der Waals surface area contributed by atoms with E-state index in [1.807, 2.05) is 12.1 Å². The highest BCUT2D eigenvalue weighted by Crippen LogP contribution is 2.38. The van der Waals surface area contributed by atoms with Crippen molar-refractivity contribution < 1.29 is 9.00 Å². The minimum atomic E-state index is -3.19. The maximum absolute atomic E-state index is 13.2. The van der Waals surface area contributed by atoms with Gasteiger partial charge >= 0.3 is 0 Å². The molecular weight excluding hydrogens is 394 g/mol. The highest BCUT2D eigenvalue weighted by atomic mass is 32.2. The van der Waals surface area contributed by atoms with E-state index in [9.17, 15) is 9.00 Å². The van der Waals surface area contributed by atoms with Crippen LogP contribution in [0.15, 0.2) is 29.2 Å². The van der Waals surface area contributed by atoms with E-state index in [1.165, 1.54) is 27.8 Å². The van der Waals surface area contributed by atoms with Crippen LogP contribution in [0, 0.1) is 4.78 Å². The van der Waals surface area contributed by atoms with E-state index in [-0.39, 0.29) is 11.7 Å². The van der Waals surface area contributed by atoms with Crippen LogP contribution in [0.2, 0.25) is 0 Å². The number of benzene rings is 2. The van der Waals surface area contributed by atoms with Gasteiger partial charge in [0.2, 0.25) is 5.91 Å². The first-order valence-electron chi connectivity index (χ1n) is 10.9. The first-order valence-corrected chi connectivity index (χ1v) is 12.7. The average Bonchev–Trinajstić information content (AvgIpc) is 3.36. The Hall–Kier alpha value is -2.18. The molecular formula is C24H29N3O2S. The van der Waals surface area contributed by atoms with Gasteiger partial charge in [-0.25, -0.2) is 8.99 Å². The van der Waals surface area contributed by atoms with E-state index in [0.717, 1.165) is 69.3 Å². The summed E-state index contributed by atoms with van der Waals surface area (Å²) in [5.41, 5.74) is 8.58. The molecule has 1 aliphatic heterocycles. The van der Waals surface area contributed by atoms with Crippen molar-refractivity contribution in [1.82, 2.24) is 4.90 Å². The second-order valence-electron chi connectivity index (χ2n) is 9.02. The van der Waals surface area contributed by atoms with E-state index in [4.69, 9.17) is 4.78 Å². The van der Waals surface area contributed by atoms with Gasteiger partial charge in [-0.05, 0) is 97.5 Å². The molecule has 0 spiro atoms. The molecule has 1 atom stereocenters. The summed E-state index contributed by atoms with van der Waals surface area (Å²) in [6.45, 7) is 1.81. The van der Waals surface area contributed by atoms with Crippen molar-refractivity contribution in [2.75, 3.05) is 24.7 Å². The zero-order chi connectivity index (χ0) is 20.9. The van der Waals surface area contributed by atoms with Crippen LogP contribution < -0.4 is 5.32 Å². The third-order valence-corrected chi connectivity index (χ3v) is 8.52. The lowest BCUT2D eigenvalue weighted by Gasteiger charge is -2.25. The van der Waals surface area contributed by atoms with Crippen molar-refractivity contribution >= 4 is 21.3 Å². The number of amides is 1. The quantitative estimate of drug-likeness (QED) is 0.788. The topological polar surface area (TPSA) is 73.3 Å². The normalized spacial score (nSPS) is 19.6. The Morgan fingerprint density at radius 2 is 1.70 bits per heavy atom. The number of hydrogen-bond donors (Lipinski definition) is 2. The van der Waals surface area contributed by atoms with Crippen molar-refractivity contribution in [3.8, 4) is 0 Å². The van der Waals surface area contributed by atoms with Crippen LogP contribution >= 0.6 is 0 Å². The second kappa shape index (κ2) is 7.50. The molecule has 5 rings (SSSR count). The van der Waals surface area contributed by atoms with Gasteiger partial charge in [0.1, 0.15) is 5.75 Å². The fourth-order valence-electron chi connectivity index (χ4n) is 5.29. The lowest BCUT2D eigenvalue weighted by molar-refractivity contribution is -0.113. The molecule has 158 valence electrons. The number of anilines is 1. The minimum absolute atomic E-state index is 0.292. The third kappa shape index (κ3) is 3.56. The van der Waals surface area contributed by atoms with Gasteiger partial charge in [0.05, 0.1) is 9.73 Å². The van der Waals surface area contributed by atoms with Crippen molar-refractivity contribution in [3.05, 3.63) is 57.6 Å². The van der Waals surface area contributed by atoms with Gasteiger partial charge in [-0.2, -0.15) is 0 Å². The summed E-state index contributed by atoms with van der Waals surface area (Å²) in [4.78, 5) is 15.6. The zero-order valence-corrected chi connectivity index (χ0v) is 18.4. The van der Waals surface area contributed by atoms with E-state index in [0.29, 0.717) is 4.90 Å². The molecule has 2 N–H and O–H groups in total. The van der Waals surface area contributed by atoms with Gasteiger partial charge in [-0.1, -0.05) is 12.1 Å². The Kier molecular flexibility index (Phi) is 4.94. The van der Waals surface area contributed by atoms with Gasteiger partial charge in [-0.3, -0.25) is 4.79 Å². The molecule has 6 heteroatoms. The highest BCUT2D eigenvalue weighted by molar-refractivity contribution is 7.93. The molecule has 2 aliphatic carbocycles. The van der Waals surface area contributed by atoms with Crippen LogP contribution in [0.1, 0.15) is 46.2 Å². The van der Waals surface area contributed by atoms with Crippen LogP contribution in [0.5, 0.6) is 0 Å². The first-order chi connectivity index (χ1) is 14.4. The van der Waals surface area contributed by atoms with Crippen LogP contribution in [0.25, 0.3) is 0 Å². The summed E-state index contributed by atoms with van der Waals surface area (Å²) in [5, 5.41) is 3.09. The smallest absolute Gasteiger partial charge is 0.238 e. The van der Waals surface area contributed by atoms with E-state index < -0.39 is 9.73 Å².